The molecule has 6 nitrogen and oxygen atoms in total. The molecule has 1 heterocycles. The largest absolute Gasteiger partial charge is 0.493 e. The molecule has 0 aliphatic heterocycles. The fourth-order valence-electron chi connectivity index (χ4n) is 2.18. The first-order valence-electron chi connectivity index (χ1n) is 6.61. The summed E-state index contributed by atoms with van der Waals surface area (Å²) in [7, 11) is 5.16. The third kappa shape index (κ3) is 3.16. The van der Waals surface area contributed by atoms with Crippen molar-refractivity contribution in [2.24, 2.45) is 5.73 Å². The SMILES string of the molecule is COc1cc2ccnc(N(C)CCC(=N)N)c2cc1OC. The fraction of sp³-hybridized carbons (Fsp3) is 0.333. The van der Waals surface area contributed by atoms with Gasteiger partial charge in [-0.15, -0.1) is 0 Å². The van der Waals surface area contributed by atoms with Crippen molar-refractivity contribution in [3.8, 4) is 11.5 Å². The predicted octanol–water partition coefficient (Wildman–Crippen LogP) is 2.01. The molecular weight excluding hydrogens is 268 g/mol. The molecule has 3 N–H and O–H groups in total. The highest BCUT2D eigenvalue weighted by Gasteiger charge is 2.12. The average Bonchev–Trinajstić information content (AvgIpc) is 2.50. The first kappa shape index (κ1) is 14.9. The van der Waals surface area contributed by atoms with Gasteiger partial charge in [-0.2, -0.15) is 0 Å². The van der Waals surface area contributed by atoms with Crippen LogP contribution in [-0.2, 0) is 0 Å². The summed E-state index contributed by atoms with van der Waals surface area (Å²) in [6, 6.07) is 5.78. The second-order valence-electron chi connectivity index (χ2n) is 4.76. The van der Waals surface area contributed by atoms with E-state index < -0.39 is 0 Å². The van der Waals surface area contributed by atoms with Crippen LogP contribution in [0.5, 0.6) is 11.5 Å². The molecule has 112 valence electrons. The van der Waals surface area contributed by atoms with E-state index in [0.29, 0.717) is 24.5 Å². The lowest BCUT2D eigenvalue weighted by molar-refractivity contribution is 0.356. The monoisotopic (exact) mass is 288 g/mol. The summed E-state index contributed by atoms with van der Waals surface area (Å²) in [5, 5.41) is 9.32. The molecule has 0 radical (unpaired) electrons. The van der Waals surface area contributed by atoms with Crippen molar-refractivity contribution in [2.75, 3.05) is 32.7 Å². The van der Waals surface area contributed by atoms with Gasteiger partial charge in [-0.05, 0) is 23.6 Å². The molecule has 0 amide bonds. The lowest BCUT2D eigenvalue weighted by atomic mass is 10.1. The number of nitrogens with zero attached hydrogens (tertiary/aromatic N) is 2. The van der Waals surface area contributed by atoms with E-state index in [1.165, 1.54) is 0 Å². The van der Waals surface area contributed by atoms with Gasteiger partial charge in [-0.25, -0.2) is 4.98 Å². The van der Waals surface area contributed by atoms with Crippen molar-refractivity contribution in [3.05, 3.63) is 24.4 Å². The van der Waals surface area contributed by atoms with Crippen LogP contribution >= 0.6 is 0 Å². The molecule has 0 saturated carbocycles. The molecule has 2 rings (SSSR count). The van der Waals surface area contributed by atoms with E-state index in [4.69, 9.17) is 20.6 Å². The zero-order valence-corrected chi connectivity index (χ0v) is 12.5. The number of hydrogen-bond donors (Lipinski definition) is 2. The number of amidine groups is 1. The quantitative estimate of drug-likeness (QED) is 0.627. The molecule has 0 aliphatic carbocycles. The second kappa shape index (κ2) is 6.30. The Morgan fingerprint density at radius 1 is 1.29 bits per heavy atom. The Morgan fingerprint density at radius 3 is 2.57 bits per heavy atom. The lowest BCUT2D eigenvalue weighted by Gasteiger charge is -2.20. The van der Waals surface area contributed by atoms with Crippen LogP contribution in [0.15, 0.2) is 24.4 Å². The van der Waals surface area contributed by atoms with Crippen LogP contribution in [0, 0.1) is 5.41 Å². The fourth-order valence-corrected chi connectivity index (χ4v) is 2.18. The zero-order valence-electron chi connectivity index (χ0n) is 12.5. The molecule has 0 unspecified atom stereocenters. The number of ether oxygens (including phenoxy) is 2. The van der Waals surface area contributed by atoms with E-state index in [1.807, 2.05) is 30.1 Å². The molecule has 0 saturated heterocycles. The van der Waals surface area contributed by atoms with Gasteiger partial charge in [-0.1, -0.05) is 0 Å². The van der Waals surface area contributed by atoms with Gasteiger partial charge in [-0.3, -0.25) is 5.41 Å². The van der Waals surface area contributed by atoms with E-state index in [-0.39, 0.29) is 5.84 Å². The summed E-state index contributed by atoms with van der Waals surface area (Å²) in [4.78, 5) is 6.42. The van der Waals surface area contributed by atoms with Crippen molar-refractivity contribution in [2.45, 2.75) is 6.42 Å². The first-order valence-corrected chi connectivity index (χ1v) is 6.61. The molecular formula is C15H20N4O2. The number of nitrogens with two attached hydrogens (primary N) is 1. The smallest absolute Gasteiger partial charge is 0.161 e. The Hall–Kier alpha value is -2.50. The number of methoxy groups -OCH3 is 2. The van der Waals surface area contributed by atoms with Gasteiger partial charge in [0, 0.05) is 31.6 Å². The van der Waals surface area contributed by atoms with Crippen molar-refractivity contribution < 1.29 is 9.47 Å². The van der Waals surface area contributed by atoms with Crippen LogP contribution in [0.1, 0.15) is 6.42 Å². The average molecular weight is 288 g/mol. The van der Waals surface area contributed by atoms with Crippen molar-refractivity contribution in [3.63, 3.8) is 0 Å². The van der Waals surface area contributed by atoms with Crippen molar-refractivity contribution >= 4 is 22.4 Å². The van der Waals surface area contributed by atoms with Gasteiger partial charge in [0.25, 0.3) is 0 Å². The Bertz CT molecular complexity index is 657. The van der Waals surface area contributed by atoms with Gasteiger partial charge in [0.1, 0.15) is 5.82 Å². The van der Waals surface area contributed by atoms with Crippen LogP contribution in [0.4, 0.5) is 5.82 Å². The third-order valence-corrected chi connectivity index (χ3v) is 3.33. The Balaban J connectivity index is 2.46. The zero-order chi connectivity index (χ0) is 15.4. The van der Waals surface area contributed by atoms with Crippen molar-refractivity contribution in [1.82, 2.24) is 4.98 Å². The highest BCUT2D eigenvalue weighted by Crippen LogP contribution is 2.35. The van der Waals surface area contributed by atoms with E-state index in [0.717, 1.165) is 16.6 Å². The number of pyridine rings is 1. The Morgan fingerprint density at radius 2 is 1.95 bits per heavy atom. The third-order valence-electron chi connectivity index (χ3n) is 3.33. The van der Waals surface area contributed by atoms with Crippen LogP contribution in [0.25, 0.3) is 10.8 Å². The lowest BCUT2D eigenvalue weighted by Crippen LogP contribution is -2.24. The van der Waals surface area contributed by atoms with E-state index in [2.05, 4.69) is 4.98 Å². The van der Waals surface area contributed by atoms with E-state index in [1.54, 1.807) is 20.4 Å². The molecule has 2 aromatic rings. The molecule has 0 fully saturated rings. The molecule has 6 heteroatoms. The predicted molar refractivity (Wildman–Crippen MR) is 84.6 cm³/mol. The molecule has 1 aromatic heterocycles. The highest BCUT2D eigenvalue weighted by atomic mass is 16.5. The standard InChI is InChI=1S/C15H20N4O2/c1-19(7-5-14(16)17)15-11-9-13(21-3)12(20-2)8-10(11)4-6-18-15/h4,6,8-9H,5,7H2,1-3H3,(H3,16,17). The maximum atomic E-state index is 7.32. The number of fused-ring (bicyclic) bond motifs is 1. The van der Waals surface area contributed by atoms with E-state index in [9.17, 15) is 0 Å². The van der Waals surface area contributed by atoms with Gasteiger partial charge in [0.05, 0.1) is 20.1 Å². The molecule has 0 atom stereocenters. The van der Waals surface area contributed by atoms with Gasteiger partial charge >= 0.3 is 0 Å². The van der Waals surface area contributed by atoms with Gasteiger partial charge in [0.2, 0.25) is 0 Å². The summed E-state index contributed by atoms with van der Waals surface area (Å²) in [5.74, 6) is 2.35. The first-order chi connectivity index (χ1) is 10.1. The summed E-state index contributed by atoms with van der Waals surface area (Å²) < 4.78 is 10.7. The van der Waals surface area contributed by atoms with E-state index >= 15 is 0 Å². The molecule has 0 aliphatic rings. The van der Waals surface area contributed by atoms with Gasteiger partial charge < -0.3 is 20.1 Å². The second-order valence-corrected chi connectivity index (χ2v) is 4.76. The number of hydrogen-bond acceptors (Lipinski definition) is 5. The maximum absolute atomic E-state index is 7.32. The highest BCUT2D eigenvalue weighted by molar-refractivity contribution is 5.94. The molecule has 0 bridgehead atoms. The molecule has 21 heavy (non-hydrogen) atoms. The summed E-state index contributed by atoms with van der Waals surface area (Å²) in [5.41, 5.74) is 5.41. The van der Waals surface area contributed by atoms with Gasteiger partial charge in [0.15, 0.2) is 11.5 Å². The minimum atomic E-state index is 0.168. The normalized spacial score (nSPS) is 10.4. The number of rotatable bonds is 6. The Labute approximate surface area is 124 Å². The molecule has 0 spiro atoms. The minimum absolute atomic E-state index is 0.168. The maximum Gasteiger partial charge on any atom is 0.161 e. The number of nitrogens with one attached hydrogen (secondary N) is 1. The summed E-state index contributed by atoms with van der Waals surface area (Å²) in [6.07, 6.45) is 2.26. The summed E-state index contributed by atoms with van der Waals surface area (Å²) in [6.45, 7) is 0.635. The van der Waals surface area contributed by atoms with Crippen LogP contribution in [-0.4, -0.2) is 38.6 Å². The summed E-state index contributed by atoms with van der Waals surface area (Å²) >= 11 is 0. The Kier molecular flexibility index (Phi) is 4.47. The number of anilines is 1. The number of aromatic nitrogens is 1. The number of benzene rings is 1. The van der Waals surface area contributed by atoms with Crippen LogP contribution < -0.4 is 20.1 Å². The van der Waals surface area contributed by atoms with Crippen LogP contribution in [0.2, 0.25) is 0 Å². The minimum Gasteiger partial charge on any atom is -0.493 e. The molecule has 1 aromatic carbocycles. The topological polar surface area (TPSA) is 84.5 Å². The van der Waals surface area contributed by atoms with Crippen LogP contribution in [0.3, 0.4) is 0 Å². The van der Waals surface area contributed by atoms with Crippen molar-refractivity contribution in [1.29, 1.82) is 5.41 Å².